The molecular formula is C13H21NO4S. The average molecular weight is 287 g/mol. The Hall–Kier alpha value is -0.950. The number of aryl methyl sites for hydroxylation is 1. The molecule has 0 spiro atoms. The Bertz CT molecular complexity index is 464. The van der Waals surface area contributed by atoms with Crippen molar-refractivity contribution in [2.24, 2.45) is 0 Å². The van der Waals surface area contributed by atoms with E-state index in [0.717, 1.165) is 5.56 Å². The first-order chi connectivity index (χ1) is 8.99. The maximum Gasteiger partial charge on any atom is 0.240 e. The van der Waals surface area contributed by atoms with E-state index in [1.807, 2.05) is 20.8 Å². The quantitative estimate of drug-likeness (QED) is 0.739. The van der Waals surface area contributed by atoms with Gasteiger partial charge in [0.25, 0.3) is 0 Å². The van der Waals surface area contributed by atoms with Crippen molar-refractivity contribution >= 4 is 10.0 Å². The predicted octanol–water partition coefficient (Wildman–Crippen LogP) is 1.67. The first-order valence-corrected chi connectivity index (χ1v) is 7.77. The van der Waals surface area contributed by atoms with Crippen LogP contribution in [0.5, 0.6) is 0 Å². The summed E-state index contributed by atoms with van der Waals surface area (Å²) in [7, 11) is -3.52. The van der Waals surface area contributed by atoms with Gasteiger partial charge in [-0.25, -0.2) is 13.1 Å². The molecule has 0 radical (unpaired) electrons. The molecule has 1 N–H and O–H groups in total. The summed E-state index contributed by atoms with van der Waals surface area (Å²) in [5.74, 6) is 0. The third-order valence-corrected chi connectivity index (χ3v) is 3.92. The van der Waals surface area contributed by atoms with Gasteiger partial charge in [0.05, 0.1) is 11.4 Å². The minimum absolute atomic E-state index is 0.0951. The highest BCUT2D eigenvalue weighted by Crippen LogP contribution is 2.10. The number of nitrogens with one attached hydrogen (secondary N) is 1. The molecule has 5 nitrogen and oxygen atoms in total. The normalized spacial score (nSPS) is 12.0. The number of hydrogen-bond acceptors (Lipinski definition) is 4. The van der Waals surface area contributed by atoms with Gasteiger partial charge in [-0.2, -0.15) is 0 Å². The molecule has 0 bridgehead atoms. The number of sulfonamides is 1. The van der Waals surface area contributed by atoms with Crippen molar-refractivity contribution in [1.29, 1.82) is 0 Å². The Labute approximate surface area is 115 Å². The van der Waals surface area contributed by atoms with Gasteiger partial charge in [0.15, 0.2) is 6.29 Å². The molecule has 19 heavy (non-hydrogen) atoms. The highest BCUT2D eigenvalue weighted by Gasteiger charge is 2.16. The number of benzene rings is 1. The van der Waals surface area contributed by atoms with E-state index in [1.54, 1.807) is 24.3 Å². The molecule has 108 valence electrons. The van der Waals surface area contributed by atoms with Gasteiger partial charge >= 0.3 is 0 Å². The van der Waals surface area contributed by atoms with Crippen LogP contribution < -0.4 is 4.72 Å². The van der Waals surface area contributed by atoms with Gasteiger partial charge in [0.2, 0.25) is 10.0 Å². The van der Waals surface area contributed by atoms with Crippen LogP contribution in [-0.2, 0) is 19.5 Å². The third kappa shape index (κ3) is 5.28. The minimum Gasteiger partial charge on any atom is -0.352 e. The molecule has 0 aliphatic rings. The molecule has 0 amide bonds. The molecular weight excluding hydrogens is 266 g/mol. The van der Waals surface area contributed by atoms with Crippen molar-refractivity contribution in [3.05, 3.63) is 29.8 Å². The second kappa shape index (κ2) is 7.59. The molecule has 0 aromatic heterocycles. The van der Waals surface area contributed by atoms with Crippen LogP contribution in [0.1, 0.15) is 19.4 Å². The third-order valence-electron chi connectivity index (χ3n) is 2.48. The molecule has 0 atom stereocenters. The molecule has 6 heteroatoms. The van der Waals surface area contributed by atoms with E-state index in [2.05, 4.69) is 4.72 Å². The van der Waals surface area contributed by atoms with Crippen LogP contribution in [0.4, 0.5) is 0 Å². The highest BCUT2D eigenvalue weighted by atomic mass is 32.2. The molecule has 0 aliphatic carbocycles. The zero-order valence-electron chi connectivity index (χ0n) is 11.5. The zero-order valence-corrected chi connectivity index (χ0v) is 12.4. The molecule has 0 saturated heterocycles. The fourth-order valence-corrected chi connectivity index (χ4v) is 2.53. The summed E-state index contributed by atoms with van der Waals surface area (Å²) in [4.78, 5) is 0.241. The van der Waals surface area contributed by atoms with E-state index in [9.17, 15) is 8.42 Å². The largest absolute Gasteiger partial charge is 0.352 e. The van der Waals surface area contributed by atoms with E-state index in [0.29, 0.717) is 13.2 Å². The van der Waals surface area contributed by atoms with Crippen LogP contribution >= 0.6 is 0 Å². The van der Waals surface area contributed by atoms with Gasteiger partial charge < -0.3 is 9.47 Å². The Balaban J connectivity index is 2.66. The fourth-order valence-electron chi connectivity index (χ4n) is 1.52. The predicted molar refractivity (Wildman–Crippen MR) is 73.4 cm³/mol. The Morgan fingerprint density at radius 1 is 1.11 bits per heavy atom. The smallest absolute Gasteiger partial charge is 0.240 e. The molecule has 0 unspecified atom stereocenters. The monoisotopic (exact) mass is 287 g/mol. The van der Waals surface area contributed by atoms with E-state index >= 15 is 0 Å². The first kappa shape index (κ1) is 16.1. The summed E-state index contributed by atoms with van der Waals surface area (Å²) in [6.07, 6.45) is -0.560. The Kier molecular flexibility index (Phi) is 6.44. The number of ether oxygens (including phenoxy) is 2. The Morgan fingerprint density at radius 3 is 2.11 bits per heavy atom. The maximum absolute atomic E-state index is 12.0. The van der Waals surface area contributed by atoms with Crippen molar-refractivity contribution < 1.29 is 17.9 Å². The van der Waals surface area contributed by atoms with Crippen LogP contribution in [-0.4, -0.2) is 34.5 Å². The maximum atomic E-state index is 12.0. The van der Waals surface area contributed by atoms with Crippen molar-refractivity contribution in [3.8, 4) is 0 Å². The van der Waals surface area contributed by atoms with Gasteiger partial charge in [-0.05, 0) is 32.9 Å². The zero-order chi connectivity index (χ0) is 14.3. The van der Waals surface area contributed by atoms with Gasteiger partial charge in [-0.1, -0.05) is 17.7 Å². The van der Waals surface area contributed by atoms with Gasteiger partial charge in [0, 0.05) is 13.2 Å². The molecule has 0 aliphatic heterocycles. The molecule has 0 heterocycles. The fraction of sp³-hybridized carbons (Fsp3) is 0.538. The van der Waals surface area contributed by atoms with Gasteiger partial charge in [-0.15, -0.1) is 0 Å². The standard InChI is InChI=1S/C13H21NO4S/c1-4-17-13(18-5-2)10-14-19(15,16)12-8-6-11(3)7-9-12/h6-9,13-14H,4-5,10H2,1-3H3. The van der Waals surface area contributed by atoms with E-state index in [1.165, 1.54) is 0 Å². The van der Waals surface area contributed by atoms with Crippen LogP contribution in [0.3, 0.4) is 0 Å². The van der Waals surface area contributed by atoms with Crippen LogP contribution in [0.2, 0.25) is 0 Å². The Morgan fingerprint density at radius 2 is 1.63 bits per heavy atom. The summed E-state index contributed by atoms with van der Waals surface area (Å²) in [6.45, 7) is 6.61. The van der Waals surface area contributed by atoms with Crippen molar-refractivity contribution in [3.63, 3.8) is 0 Å². The summed E-state index contributed by atoms with van der Waals surface area (Å²) in [5, 5.41) is 0. The lowest BCUT2D eigenvalue weighted by Gasteiger charge is -2.17. The molecule has 1 aromatic carbocycles. The summed E-state index contributed by atoms with van der Waals surface area (Å²) >= 11 is 0. The molecule has 0 fully saturated rings. The van der Waals surface area contributed by atoms with Gasteiger partial charge in [-0.3, -0.25) is 0 Å². The highest BCUT2D eigenvalue weighted by molar-refractivity contribution is 7.89. The van der Waals surface area contributed by atoms with Crippen LogP contribution in [0.25, 0.3) is 0 Å². The molecule has 1 aromatic rings. The molecule has 0 saturated carbocycles. The summed E-state index contributed by atoms with van der Waals surface area (Å²) in [5.41, 5.74) is 1.01. The van der Waals surface area contributed by atoms with Crippen LogP contribution in [0, 0.1) is 6.92 Å². The topological polar surface area (TPSA) is 64.6 Å². The summed E-state index contributed by atoms with van der Waals surface area (Å²) in [6, 6.07) is 6.68. The number of rotatable bonds is 8. The van der Waals surface area contributed by atoms with Crippen molar-refractivity contribution in [2.45, 2.75) is 32.0 Å². The summed E-state index contributed by atoms with van der Waals surface area (Å²) < 4.78 is 37.1. The second-order valence-corrected chi connectivity index (χ2v) is 5.77. The lowest BCUT2D eigenvalue weighted by atomic mass is 10.2. The van der Waals surface area contributed by atoms with E-state index in [-0.39, 0.29) is 11.4 Å². The average Bonchev–Trinajstić information content (AvgIpc) is 2.37. The van der Waals surface area contributed by atoms with E-state index < -0.39 is 16.3 Å². The van der Waals surface area contributed by atoms with Crippen LogP contribution in [0.15, 0.2) is 29.2 Å². The van der Waals surface area contributed by atoms with E-state index in [4.69, 9.17) is 9.47 Å². The second-order valence-electron chi connectivity index (χ2n) is 4.01. The lowest BCUT2D eigenvalue weighted by molar-refractivity contribution is -0.130. The molecule has 1 rings (SSSR count). The van der Waals surface area contributed by atoms with Gasteiger partial charge in [0.1, 0.15) is 0 Å². The number of hydrogen-bond donors (Lipinski definition) is 1. The minimum atomic E-state index is -3.52. The van der Waals surface area contributed by atoms with Crippen molar-refractivity contribution in [2.75, 3.05) is 19.8 Å². The lowest BCUT2D eigenvalue weighted by Crippen LogP contribution is -2.35. The first-order valence-electron chi connectivity index (χ1n) is 6.29. The SMILES string of the molecule is CCOC(CNS(=O)(=O)c1ccc(C)cc1)OCC. The van der Waals surface area contributed by atoms with Crippen molar-refractivity contribution in [1.82, 2.24) is 4.72 Å².